The maximum Gasteiger partial charge on any atom is 0.348 e. The zero-order valence-electron chi connectivity index (χ0n) is 9.75. The van der Waals surface area contributed by atoms with Gasteiger partial charge in [-0.05, 0) is 0 Å². The average Bonchev–Trinajstić information content (AvgIpc) is 2.72. The number of anilines is 1. The predicted octanol–water partition coefficient (Wildman–Crippen LogP) is -0.0814. The quantitative estimate of drug-likeness (QED) is 0.512. The third-order valence-electron chi connectivity index (χ3n) is 2.15. The van der Waals surface area contributed by atoms with Gasteiger partial charge in [-0.1, -0.05) is 6.08 Å². The largest absolute Gasteiger partial charge is 0.410 e. The Labute approximate surface area is 107 Å². The Kier molecular flexibility index (Phi) is 3.79. The maximum absolute atomic E-state index is 10.6. The number of hydrogen-bond acceptors (Lipinski definition) is 6. The van der Waals surface area contributed by atoms with Gasteiger partial charge < -0.3 is 20.4 Å². The molecule has 2 aromatic rings. The first kappa shape index (κ1) is 13.5. The van der Waals surface area contributed by atoms with Crippen LogP contribution in [0.3, 0.4) is 0 Å². The third kappa shape index (κ3) is 3.50. The van der Waals surface area contributed by atoms with Crippen molar-refractivity contribution in [1.82, 2.24) is 19.7 Å². The van der Waals surface area contributed by atoms with Gasteiger partial charge >= 0.3 is 7.60 Å². The van der Waals surface area contributed by atoms with Gasteiger partial charge in [0.2, 0.25) is 5.65 Å². The minimum atomic E-state index is -4.10. The van der Waals surface area contributed by atoms with Crippen molar-refractivity contribution in [2.75, 3.05) is 12.3 Å². The lowest BCUT2D eigenvalue weighted by Gasteiger charge is -2.04. The van der Waals surface area contributed by atoms with Crippen LogP contribution in [0.25, 0.3) is 11.2 Å². The Morgan fingerprint density at radius 1 is 1.42 bits per heavy atom. The molecule has 0 atom stereocenters. The molecule has 0 aliphatic rings. The number of nitrogens with zero attached hydrogens (tertiary/aromatic N) is 4. The molecule has 0 aliphatic carbocycles. The highest BCUT2D eigenvalue weighted by molar-refractivity contribution is 7.55. The zero-order valence-corrected chi connectivity index (χ0v) is 10.6. The van der Waals surface area contributed by atoms with Gasteiger partial charge in [0.25, 0.3) is 0 Å². The Bertz CT molecular complexity index is 649. The van der Waals surface area contributed by atoms with Gasteiger partial charge in [0, 0.05) is 12.2 Å². The fourth-order valence-corrected chi connectivity index (χ4v) is 1.78. The monoisotopic (exact) mass is 285 g/mol. The van der Waals surface area contributed by atoms with E-state index in [1.165, 1.54) is 23.5 Å². The molecule has 0 radical (unpaired) electrons. The van der Waals surface area contributed by atoms with Gasteiger partial charge in [-0.15, -0.1) is 0 Å². The van der Waals surface area contributed by atoms with Gasteiger partial charge in [-0.25, -0.2) is 15.0 Å². The fraction of sp³-hybridized carbons (Fsp3) is 0.222. The van der Waals surface area contributed by atoms with Gasteiger partial charge in [0.05, 0.1) is 0 Å². The summed E-state index contributed by atoms with van der Waals surface area (Å²) in [6.45, 7) is 0.214. The van der Waals surface area contributed by atoms with Crippen molar-refractivity contribution in [3.63, 3.8) is 0 Å². The second kappa shape index (κ2) is 5.35. The number of nitrogen functional groups attached to an aromatic ring is 1. The van der Waals surface area contributed by atoms with Crippen LogP contribution in [0.4, 0.5) is 5.82 Å². The van der Waals surface area contributed by atoms with Crippen LogP contribution in [0.2, 0.25) is 0 Å². The SMILES string of the molecule is Nc1ncnc2c1ncn2OCCC=CP(=O)(O)O. The summed E-state index contributed by atoms with van der Waals surface area (Å²) in [4.78, 5) is 34.3. The fourth-order valence-electron chi connectivity index (χ4n) is 1.36. The van der Waals surface area contributed by atoms with E-state index >= 15 is 0 Å². The predicted molar refractivity (Wildman–Crippen MR) is 67.0 cm³/mol. The van der Waals surface area contributed by atoms with Crippen LogP contribution in [-0.2, 0) is 4.57 Å². The summed E-state index contributed by atoms with van der Waals surface area (Å²) in [6.07, 6.45) is 4.39. The summed E-state index contributed by atoms with van der Waals surface area (Å²) in [6, 6.07) is 0. The van der Waals surface area contributed by atoms with Crippen molar-refractivity contribution in [2.24, 2.45) is 0 Å². The molecule has 2 heterocycles. The Balaban J connectivity index is 1.98. The van der Waals surface area contributed by atoms with Crippen LogP contribution in [0.5, 0.6) is 0 Å². The Morgan fingerprint density at radius 3 is 2.95 bits per heavy atom. The Morgan fingerprint density at radius 2 is 2.21 bits per heavy atom. The number of nitrogens with two attached hydrogens (primary N) is 1. The van der Waals surface area contributed by atoms with E-state index in [1.54, 1.807) is 0 Å². The topological polar surface area (TPSA) is 136 Å². The molecule has 0 aliphatic heterocycles. The smallest absolute Gasteiger partial charge is 0.348 e. The van der Waals surface area contributed by atoms with E-state index in [0.717, 1.165) is 5.82 Å². The van der Waals surface area contributed by atoms with Crippen molar-refractivity contribution >= 4 is 24.6 Å². The van der Waals surface area contributed by atoms with Gasteiger partial charge in [-0.2, -0.15) is 4.73 Å². The molecule has 10 heteroatoms. The summed E-state index contributed by atoms with van der Waals surface area (Å²) < 4.78 is 11.9. The number of rotatable bonds is 5. The molecular formula is C9H12N5O4P. The summed E-state index contributed by atoms with van der Waals surface area (Å²) in [5.74, 6) is 1.09. The van der Waals surface area contributed by atoms with E-state index in [0.29, 0.717) is 17.6 Å². The molecule has 9 nitrogen and oxygen atoms in total. The molecule has 0 saturated carbocycles. The van der Waals surface area contributed by atoms with Gasteiger partial charge in [0.15, 0.2) is 11.3 Å². The summed E-state index contributed by atoms with van der Waals surface area (Å²) in [5.41, 5.74) is 6.49. The molecule has 102 valence electrons. The van der Waals surface area contributed by atoms with Crippen LogP contribution >= 0.6 is 7.60 Å². The van der Waals surface area contributed by atoms with Crippen LogP contribution in [0.1, 0.15) is 6.42 Å². The van der Waals surface area contributed by atoms with Gasteiger partial charge in [0.1, 0.15) is 19.3 Å². The number of fused-ring (bicyclic) bond motifs is 1. The maximum atomic E-state index is 10.6. The molecule has 2 rings (SSSR count). The highest BCUT2D eigenvalue weighted by Gasteiger charge is 2.08. The molecule has 0 amide bonds. The summed E-state index contributed by atoms with van der Waals surface area (Å²) in [5, 5.41) is 0. The van der Waals surface area contributed by atoms with Crippen LogP contribution < -0.4 is 10.6 Å². The normalized spacial score (nSPS) is 12.3. The van der Waals surface area contributed by atoms with E-state index in [-0.39, 0.29) is 12.4 Å². The van der Waals surface area contributed by atoms with Crippen molar-refractivity contribution < 1.29 is 19.2 Å². The number of hydrogen-bond donors (Lipinski definition) is 3. The molecule has 4 N–H and O–H groups in total. The minimum absolute atomic E-state index is 0.214. The lowest BCUT2D eigenvalue weighted by molar-refractivity contribution is 0.121. The van der Waals surface area contributed by atoms with E-state index in [9.17, 15) is 4.57 Å². The second-order valence-electron chi connectivity index (χ2n) is 3.60. The molecule has 19 heavy (non-hydrogen) atoms. The van der Waals surface area contributed by atoms with E-state index in [2.05, 4.69) is 15.0 Å². The van der Waals surface area contributed by atoms with Crippen molar-refractivity contribution in [1.29, 1.82) is 0 Å². The molecular weight excluding hydrogens is 273 g/mol. The first-order valence-electron chi connectivity index (χ1n) is 5.27. The lowest BCUT2D eigenvalue weighted by atomic mass is 10.5. The first-order chi connectivity index (χ1) is 8.97. The zero-order chi connectivity index (χ0) is 13.9. The van der Waals surface area contributed by atoms with Crippen LogP contribution in [-0.4, -0.2) is 36.1 Å². The molecule has 0 fully saturated rings. The molecule has 0 spiro atoms. The highest BCUT2D eigenvalue weighted by atomic mass is 31.2. The molecule has 0 bridgehead atoms. The second-order valence-corrected chi connectivity index (χ2v) is 5.07. The van der Waals surface area contributed by atoms with Crippen molar-refractivity contribution in [2.45, 2.75) is 6.42 Å². The summed E-state index contributed by atoms with van der Waals surface area (Å²) in [7, 11) is -4.10. The molecule has 0 unspecified atom stereocenters. The van der Waals surface area contributed by atoms with E-state index < -0.39 is 7.60 Å². The standard InChI is InChI=1S/C9H12N5O4P/c10-8-7-9(12-5-11-8)14(6-13-7)18-3-1-2-4-19(15,16)17/h2,4-6H,1,3H2,(H2,10,11,12)(H2,15,16,17). The molecule has 0 aromatic carbocycles. The number of aromatic nitrogens is 4. The first-order valence-corrected chi connectivity index (χ1v) is 6.95. The van der Waals surface area contributed by atoms with E-state index in [1.807, 2.05) is 0 Å². The van der Waals surface area contributed by atoms with Crippen LogP contribution in [0.15, 0.2) is 24.5 Å². The highest BCUT2D eigenvalue weighted by Crippen LogP contribution is 2.35. The number of imidazole rings is 1. The molecule has 0 saturated heterocycles. The lowest BCUT2D eigenvalue weighted by Crippen LogP contribution is -2.11. The third-order valence-corrected chi connectivity index (χ3v) is 2.75. The summed E-state index contributed by atoms with van der Waals surface area (Å²) >= 11 is 0. The van der Waals surface area contributed by atoms with Crippen LogP contribution in [0, 0.1) is 0 Å². The molecule has 2 aromatic heterocycles. The minimum Gasteiger partial charge on any atom is -0.410 e. The Hall–Kier alpha value is -1.96. The van der Waals surface area contributed by atoms with Crippen molar-refractivity contribution in [3.8, 4) is 0 Å². The van der Waals surface area contributed by atoms with Crippen molar-refractivity contribution in [3.05, 3.63) is 24.5 Å². The van der Waals surface area contributed by atoms with Gasteiger partial charge in [-0.3, -0.25) is 4.57 Å². The average molecular weight is 285 g/mol. The van der Waals surface area contributed by atoms with E-state index in [4.69, 9.17) is 20.4 Å².